The van der Waals surface area contributed by atoms with Gasteiger partial charge in [-0.15, -0.1) is 11.3 Å². The van der Waals surface area contributed by atoms with Crippen LogP contribution in [0.4, 0.5) is 0 Å². The normalized spacial score (nSPS) is 15.8. The highest BCUT2D eigenvalue weighted by atomic mass is 32.2. The highest BCUT2D eigenvalue weighted by Crippen LogP contribution is 2.15. The summed E-state index contributed by atoms with van der Waals surface area (Å²) in [6.07, 6.45) is 1.90. The molecular weight excluding hydrogens is 396 g/mol. The number of Topliss-reactive ketones (excluding diaryl/α,β-unsaturated/α-hetero) is 1. The monoisotopic (exact) mass is 418 g/mol. The third-order valence-corrected chi connectivity index (χ3v) is 7.02. The number of carbonyl (C=O) groups is 2. The van der Waals surface area contributed by atoms with Gasteiger partial charge in [0.1, 0.15) is 0 Å². The van der Waals surface area contributed by atoms with Crippen molar-refractivity contribution >= 4 is 39.1 Å². The Kier molecular flexibility index (Phi) is 6.77. The van der Waals surface area contributed by atoms with Crippen LogP contribution in [-0.2, 0) is 14.8 Å². The van der Waals surface area contributed by atoms with Crippen LogP contribution >= 0.6 is 11.3 Å². The summed E-state index contributed by atoms with van der Waals surface area (Å²) in [6, 6.07) is 12.8. The van der Waals surface area contributed by atoms with E-state index in [9.17, 15) is 18.0 Å². The predicted molar refractivity (Wildman–Crippen MR) is 110 cm³/mol. The lowest BCUT2D eigenvalue weighted by Gasteiger charge is -2.33. The molecule has 0 spiro atoms. The first-order valence-electron chi connectivity index (χ1n) is 9.03. The second-order valence-corrected chi connectivity index (χ2v) is 9.20. The molecule has 0 radical (unpaired) electrons. The van der Waals surface area contributed by atoms with Crippen molar-refractivity contribution in [2.45, 2.75) is 12.8 Å². The van der Waals surface area contributed by atoms with E-state index in [-0.39, 0.29) is 37.6 Å². The number of piperazine rings is 1. The second-order valence-electron chi connectivity index (χ2n) is 6.44. The van der Waals surface area contributed by atoms with Gasteiger partial charge in [-0.2, -0.15) is 4.31 Å². The standard InChI is InChI=1S/C20H22N2O4S2/c23-18(19-7-4-15-27-19)8-9-20(24)21-11-13-22(14-12-21)28(25,26)16-10-17-5-2-1-3-6-17/h1-7,10,15-16H,8-9,11-14H2/b16-10+. The molecule has 0 bridgehead atoms. The summed E-state index contributed by atoms with van der Waals surface area (Å²) in [7, 11) is -3.52. The number of benzene rings is 1. The van der Waals surface area contributed by atoms with Crippen LogP contribution in [0, 0.1) is 0 Å². The van der Waals surface area contributed by atoms with E-state index in [4.69, 9.17) is 0 Å². The molecule has 28 heavy (non-hydrogen) atoms. The fourth-order valence-electron chi connectivity index (χ4n) is 2.95. The largest absolute Gasteiger partial charge is 0.340 e. The molecule has 6 nitrogen and oxygen atoms in total. The maximum atomic E-state index is 12.5. The second kappa shape index (κ2) is 9.27. The number of carbonyl (C=O) groups excluding carboxylic acids is 2. The number of amides is 1. The first kappa shape index (κ1) is 20.4. The van der Waals surface area contributed by atoms with Crippen LogP contribution in [0.2, 0.25) is 0 Å². The van der Waals surface area contributed by atoms with Crippen LogP contribution in [-0.4, -0.2) is 55.5 Å². The quantitative estimate of drug-likeness (QED) is 0.648. The number of sulfonamides is 1. The molecule has 1 amide bonds. The summed E-state index contributed by atoms with van der Waals surface area (Å²) in [5.74, 6) is -0.141. The van der Waals surface area contributed by atoms with E-state index < -0.39 is 10.0 Å². The first-order valence-corrected chi connectivity index (χ1v) is 11.4. The summed E-state index contributed by atoms with van der Waals surface area (Å²) in [6.45, 7) is 1.19. The van der Waals surface area contributed by atoms with Crippen LogP contribution < -0.4 is 0 Å². The molecule has 0 saturated carbocycles. The van der Waals surface area contributed by atoms with Gasteiger partial charge in [0.2, 0.25) is 15.9 Å². The molecule has 1 aliphatic rings. The summed E-state index contributed by atoms with van der Waals surface area (Å²) < 4.78 is 26.3. The molecular formula is C20H22N2O4S2. The number of hydrogen-bond acceptors (Lipinski definition) is 5. The Hall–Kier alpha value is -2.29. The zero-order valence-electron chi connectivity index (χ0n) is 15.4. The lowest BCUT2D eigenvalue weighted by molar-refractivity contribution is -0.132. The molecule has 0 N–H and O–H groups in total. The molecule has 8 heteroatoms. The van der Waals surface area contributed by atoms with E-state index in [1.54, 1.807) is 17.0 Å². The zero-order chi connectivity index (χ0) is 20.0. The maximum Gasteiger partial charge on any atom is 0.236 e. The number of ketones is 1. The van der Waals surface area contributed by atoms with E-state index in [0.717, 1.165) is 5.56 Å². The van der Waals surface area contributed by atoms with Gasteiger partial charge >= 0.3 is 0 Å². The Bertz CT molecular complexity index is 930. The molecule has 2 heterocycles. The van der Waals surface area contributed by atoms with Crippen molar-refractivity contribution in [3.63, 3.8) is 0 Å². The Morgan fingerprint density at radius 2 is 1.68 bits per heavy atom. The Labute approximate surface area is 169 Å². The van der Waals surface area contributed by atoms with Gasteiger partial charge < -0.3 is 4.90 Å². The van der Waals surface area contributed by atoms with Crippen LogP contribution in [0.5, 0.6) is 0 Å². The van der Waals surface area contributed by atoms with Gasteiger partial charge in [-0.25, -0.2) is 8.42 Å². The average molecular weight is 419 g/mol. The highest BCUT2D eigenvalue weighted by Gasteiger charge is 2.27. The van der Waals surface area contributed by atoms with Crippen molar-refractivity contribution in [2.24, 2.45) is 0 Å². The van der Waals surface area contributed by atoms with Crippen molar-refractivity contribution in [1.82, 2.24) is 9.21 Å². The Morgan fingerprint density at radius 3 is 2.32 bits per heavy atom. The molecule has 3 rings (SSSR count). The van der Waals surface area contributed by atoms with Gasteiger partial charge in [0, 0.05) is 44.4 Å². The lowest BCUT2D eigenvalue weighted by Crippen LogP contribution is -2.50. The summed E-state index contributed by atoms with van der Waals surface area (Å²) in [5.41, 5.74) is 0.815. The van der Waals surface area contributed by atoms with E-state index in [0.29, 0.717) is 18.0 Å². The minimum Gasteiger partial charge on any atom is -0.340 e. The number of thiophene rings is 1. The molecule has 1 aromatic carbocycles. The van der Waals surface area contributed by atoms with Gasteiger partial charge in [0.15, 0.2) is 5.78 Å². The van der Waals surface area contributed by atoms with Crippen molar-refractivity contribution < 1.29 is 18.0 Å². The predicted octanol–water partition coefficient (Wildman–Crippen LogP) is 2.86. The van der Waals surface area contributed by atoms with Crippen molar-refractivity contribution in [1.29, 1.82) is 0 Å². The lowest BCUT2D eigenvalue weighted by atomic mass is 10.1. The Balaban J connectivity index is 1.48. The van der Waals surface area contributed by atoms with Gasteiger partial charge in [-0.3, -0.25) is 9.59 Å². The van der Waals surface area contributed by atoms with Gasteiger partial charge in [0.05, 0.1) is 4.88 Å². The van der Waals surface area contributed by atoms with Gasteiger partial charge in [-0.05, 0) is 23.1 Å². The van der Waals surface area contributed by atoms with Gasteiger partial charge in [-0.1, -0.05) is 36.4 Å². The highest BCUT2D eigenvalue weighted by molar-refractivity contribution is 7.92. The minimum absolute atomic E-state index is 0.0318. The van der Waals surface area contributed by atoms with Crippen LogP contribution in [0.25, 0.3) is 6.08 Å². The molecule has 0 aliphatic carbocycles. The third-order valence-electron chi connectivity index (χ3n) is 4.55. The minimum atomic E-state index is -3.52. The molecule has 1 saturated heterocycles. The third kappa shape index (κ3) is 5.37. The fourth-order valence-corrected chi connectivity index (χ4v) is 4.81. The molecule has 148 valence electrons. The molecule has 0 unspecified atom stereocenters. The summed E-state index contributed by atoms with van der Waals surface area (Å²) >= 11 is 1.37. The molecule has 1 aromatic heterocycles. The molecule has 2 aromatic rings. The average Bonchev–Trinajstić information content (AvgIpc) is 3.26. The number of rotatable bonds is 7. The van der Waals surface area contributed by atoms with Gasteiger partial charge in [0.25, 0.3) is 0 Å². The van der Waals surface area contributed by atoms with Crippen molar-refractivity contribution in [3.8, 4) is 0 Å². The maximum absolute atomic E-state index is 12.5. The van der Waals surface area contributed by atoms with Crippen LogP contribution in [0.15, 0.2) is 53.3 Å². The van der Waals surface area contributed by atoms with E-state index in [2.05, 4.69) is 0 Å². The van der Waals surface area contributed by atoms with E-state index in [1.807, 2.05) is 41.8 Å². The number of nitrogens with zero attached hydrogens (tertiary/aromatic N) is 2. The molecule has 1 fully saturated rings. The van der Waals surface area contributed by atoms with Crippen LogP contribution in [0.1, 0.15) is 28.1 Å². The molecule has 0 atom stereocenters. The SMILES string of the molecule is O=C(CCC(=O)N1CCN(S(=O)(=O)/C=C/c2ccccc2)CC1)c1cccs1. The Morgan fingerprint density at radius 1 is 0.964 bits per heavy atom. The fraction of sp³-hybridized carbons (Fsp3) is 0.300. The van der Waals surface area contributed by atoms with Crippen LogP contribution in [0.3, 0.4) is 0 Å². The first-order chi connectivity index (χ1) is 13.5. The summed E-state index contributed by atoms with van der Waals surface area (Å²) in [5, 5.41) is 3.04. The zero-order valence-corrected chi connectivity index (χ0v) is 17.0. The van der Waals surface area contributed by atoms with E-state index in [1.165, 1.54) is 21.1 Å². The van der Waals surface area contributed by atoms with Crippen molar-refractivity contribution in [3.05, 3.63) is 63.7 Å². The smallest absolute Gasteiger partial charge is 0.236 e. The van der Waals surface area contributed by atoms with Crippen molar-refractivity contribution in [2.75, 3.05) is 26.2 Å². The number of hydrogen-bond donors (Lipinski definition) is 0. The topological polar surface area (TPSA) is 74.8 Å². The van der Waals surface area contributed by atoms with E-state index >= 15 is 0 Å². The summed E-state index contributed by atoms with van der Waals surface area (Å²) in [4.78, 5) is 26.6. The molecule has 1 aliphatic heterocycles.